The molecule has 0 bridgehead atoms. The zero-order valence-corrected chi connectivity index (χ0v) is 13.7. The lowest BCUT2D eigenvalue weighted by Gasteiger charge is -2.08. The highest BCUT2D eigenvalue weighted by Gasteiger charge is 2.14. The Balaban J connectivity index is 1.45. The van der Waals surface area contributed by atoms with Crippen molar-refractivity contribution in [3.63, 3.8) is 0 Å². The molecule has 1 heterocycles. The van der Waals surface area contributed by atoms with Crippen molar-refractivity contribution in [1.82, 2.24) is 5.32 Å². The van der Waals surface area contributed by atoms with E-state index < -0.39 is 0 Å². The van der Waals surface area contributed by atoms with Crippen LogP contribution in [0.1, 0.15) is 16.8 Å². The topological polar surface area (TPSA) is 85.9 Å². The van der Waals surface area contributed by atoms with Gasteiger partial charge in [-0.3, -0.25) is 9.59 Å². The van der Waals surface area contributed by atoms with Crippen LogP contribution in [0.3, 0.4) is 0 Å². The molecule has 25 heavy (non-hydrogen) atoms. The molecule has 3 rings (SSSR count). The van der Waals surface area contributed by atoms with E-state index in [0.29, 0.717) is 28.5 Å². The number of hydrogen-bond acceptors (Lipinski definition) is 5. The summed E-state index contributed by atoms with van der Waals surface area (Å²) in [6, 6.07) is 11.9. The maximum atomic E-state index is 12.0. The van der Waals surface area contributed by atoms with Crippen LogP contribution < -0.4 is 24.8 Å². The van der Waals surface area contributed by atoms with E-state index in [1.807, 2.05) is 0 Å². The van der Waals surface area contributed by atoms with Gasteiger partial charge < -0.3 is 24.8 Å². The fourth-order valence-corrected chi connectivity index (χ4v) is 2.33. The molecular formula is C18H18N2O5. The van der Waals surface area contributed by atoms with Crippen molar-refractivity contribution < 1.29 is 23.8 Å². The molecular weight excluding hydrogens is 324 g/mol. The highest BCUT2D eigenvalue weighted by Crippen LogP contribution is 2.34. The van der Waals surface area contributed by atoms with Gasteiger partial charge in [-0.2, -0.15) is 0 Å². The van der Waals surface area contributed by atoms with Crippen LogP contribution in [0.15, 0.2) is 42.5 Å². The first-order chi connectivity index (χ1) is 12.2. The third kappa shape index (κ3) is 4.20. The van der Waals surface area contributed by atoms with Crippen LogP contribution in [-0.2, 0) is 4.79 Å². The lowest BCUT2D eigenvalue weighted by molar-refractivity contribution is -0.116. The number of carbonyl (C=O) groups is 2. The molecule has 1 aliphatic rings. The Labute approximate surface area is 144 Å². The van der Waals surface area contributed by atoms with E-state index in [0.717, 1.165) is 0 Å². The number of rotatable bonds is 6. The molecule has 0 fully saturated rings. The molecule has 0 aliphatic carbocycles. The van der Waals surface area contributed by atoms with Gasteiger partial charge >= 0.3 is 0 Å². The zero-order valence-electron chi connectivity index (χ0n) is 13.7. The van der Waals surface area contributed by atoms with Crippen LogP contribution in [0.2, 0.25) is 0 Å². The van der Waals surface area contributed by atoms with Gasteiger partial charge in [-0.15, -0.1) is 0 Å². The summed E-state index contributed by atoms with van der Waals surface area (Å²) in [4.78, 5) is 24.0. The normalized spacial score (nSPS) is 11.7. The van der Waals surface area contributed by atoms with Gasteiger partial charge in [0.05, 0.1) is 7.11 Å². The molecule has 2 amide bonds. The van der Waals surface area contributed by atoms with E-state index in [1.54, 1.807) is 49.6 Å². The molecule has 0 radical (unpaired) electrons. The molecule has 0 aromatic heterocycles. The van der Waals surface area contributed by atoms with Crippen molar-refractivity contribution in [2.75, 3.05) is 25.8 Å². The average Bonchev–Trinajstić information content (AvgIpc) is 3.09. The second kappa shape index (κ2) is 7.57. The molecule has 7 nitrogen and oxygen atoms in total. The Kier molecular flexibility index (Phi) is 5.03. The molecule has 0 atom stereocenters. The summed E-state index contributed by atoms with van der Waals surface area (Å²) in [5, 5.41) is 5.47. The molecule has 2 aromatic carbocycles. The lowest BCUT2D eigenvalue weighted by atomic mass is 10.2. The van der Waals surface area contributed by atoms with Crippen molar-refractivity contribution in [2.24, 2.45) is 0 Å². The summed E-state index contributed by atoms with van der Waals surface area (Å²) in [6.45, 7) is 0.422. The number of ether oxygens (including phenoxy) is 3. The maximum Gasteiger partial charge on any atom is 0.251 e. The minimum atomic E-state index is -0.237. The summed E-state index contributed by atoms with van der Waals surface area (Å²) >= 11 is 0. The van der Waals surface area contributed by atoms with Crippen molar-refractivity contribution in [2.45, 2.75) is 6.42 Å². The second-order valence-corrected chi connectivity index (χ2v) is 5.35. The van der Waals surface area contributed by atoms with Crippen LogP contribution in [0.4, 0.5) is 5.69 Å². The summed E-state index contributed by atoms with van der Waals surface area (Å²) < 4.78 is 15.5. The molecule has 2 N–H and O–H groups in total. The van der Waals surface area contributed by atoms with E-state index in [-0.39, 0.29) is 31.6 Å². The minimum Gasteiger partial charge on any atom is -0.497 e. The second-order valence-electron chi connectivity index (χ2n) is 5.35. The number of nitrogens with one attached hydrogen (secondary N) is 2. The summed E-state index contributed by atoms with van der Waals surface area (Å²) in [7, 11) is 1.56. The number of methoxy groups -OCH3 is 1. The first kappa shape index (κ1) is 16.6. The van der Waals surface area contributed by atoms with Gasteiger partial charge in [-0.1, -0.05) is 0 Å². The Morgan fingerprint density at radius 1 is 1.08 bits per heavy atom. The van der Waals surface area contributed by atoms with Gasteiger partial charge in [0.25, 0.3) is 5.91 Å². The fourth-order valence-electron chi connectivity index (χ4n) is 2.33. The molecule has 0 unspecified atom stereocenters. The van der Waals surface area contributed by atoms with Crippen LogP contribution >= 0.6 is 0 Å². The maximum absolute atomic E-state index is 12.0. The molecule has 7 heteroatoms. The number of amides is 2. The standard InChI is InChI=1S/C18H18N2O5/c1-23-14-5-2-12(3-6-14)18(22)19-9-8-17(21)20-13-4-7-15-16(10-13)25-11-24-15/h2-7,10H,8-9,11H2,1H3,(H,19,22)(H,20,21). The number of benzene rings is 2. The van der Waals surface area contributed by atoms with Crippen molar-refractivity contribution in [3.8, 4) is 17.2 Å². The predicted molar refractivity (Wildman–Crippen MR) is 91.1 cm³/mol. The Morgan fingerprint density at radius 3 is 2.60 bits per heavy atom. The van der Waals surface area contributed by atoms with Gasteiger partial charge in [0.2, 0.25) is 12.7 Å². The fraction of sp³-hybridized carbons (Fsp3) is 0.222. The highest BCUT2D eigenvalue weighted by atomic mass is 16.7. The number of fused-ring (bicyclic) bond motifs is 1. The van der Waals surface area contributed by atoms with Gasteiger partial charge in [0, 0.05) is 30.3 Å². The van der Waals surface area contributed by atoms with E-state index >= 15 is 0 Å². The third-order valence-corrected chi connectivity index (χ3v) is 3.65. The van der Waals surface area contributed by atoms with Gasteiger partial charge in [-0.25, -0.2) is 0 Å². The summed E-state index contributed by atoms with van der Waals surface area (Å²) in [6.07, 6.45) is 0.163. The molecule has 2 aromatic rings. The number of anilines is 1. The molecule has 1 aliphatic heterocycles. The zero-order chi connectivity index (χ0) is 17.6. The SMILES string of the molecule is COc1ccc(C(=O)NCCC(=O)Nc2ccc3c(c2)OCO3)cc1. The number of hydrogen-bond donors (Lipinski definition) is 2. The van der Waals surface area contributed by atoms with Crippen LogP contribution in [-0.4, -0.2) is 32.3 Å². The quantitative estimate of drug-likeness (QED) is 0.840. The Hall–Kier alpha value is -3.22. The van der Waals surface area contributed by atoms with Gasteiger partial charge in [-0.05, 0) is 36.4 Å². The van der Waals surface area contributed by atoms with Crippen molar-refractivity contribution in [1.29, 1.82) is 0 Å². The van der Waals surface area contributed by atoms with E-state index in [9.17, 15) is 9.59 Å². The first-order valence-electron chi connectivity index (χ1n) is 7.77. The van der Waals surface area contributed by atoms with Crippen molar-refractivity contribution in [3.05, 3.63) is 48.0 Å². The number of carbonyl (C=O) groups excluding carboxylic acids is 2. The summed E-state index contributed by atoms with van der Waals surface area (Å²) in [5.74, 6) is 1.50. The smallest absolute Gasteiger partial charge is 0.251 e. The van der Waals surface area contributed by atoms with E-state index in [4.69, 9.17) is 14.2 Å². The third-order valence-electron chi connectivity index (χ3n) is 3.65. The highest BCUT2D eigenvalue weighted by molar-refractivity contribution is 5.95. The van der Waals surface area contributed by atoms with Crippen LogP contribution in [0, 0.1) is 0 Å². The molecule has 0 spiro atoms. The van der Waals surface area contributed by atoms with Crippen LogP contribution in [0.25, 0.3) is 0 Å². The Bertz CT molecular complexity index is 774. The molecule has 130 valence electrons. The molecule has 0 saturated carbocycles. The minimum absolute atomic E-state index is 0.163. The average molecular weight is 342 g/mol. The first-order valence-corrected chi connectivity index (χ1v) is 7.77. The monoisotopic (exact) mass is 342 g/mol. The summed E-state index contributed by atoms with van der Waals surface area (Å²) in [5.41, 5.74) is 1.13. The van der Waals surface area contributed by atoms with E-state index in [2.05, 4.69) is 10.6 Å². The predicted octanol–water partition coefficient (Wildman–Crippen LogP) is 2.18. The molecule has 0 saturated heterocycles. The lowest BCUT2D eigenvalue weighted by Crippen LogP contribution is -2.27. The van der Waals surface area contributed by atoms with Crippen molar-refractivity contribution >= 4 is 17.5 Å². The Morgan fingerprint density at radius 2 is 1.84 bits per heavy atom. The van der Waals surface area contributed by atoms with Gasteiger partial charge in [0.15, 0.2) is 11.5 Å². The van der Waals surface area contributed by atoms with Gasteiger partial charge in [0.1, 0.15) is 5.75 Å². The van der Waals surface area contributed by atoms with E-state index in [1.165, 1.54) is 0 Å². The van der Waals surface area contributed by atoms with Crippen LogP contribution in [0.5, 0.6) is 17.2 Å². The largest absolute Gasteiger partial charge is 0.497 e.